The first-order chi connectivity index (χ1) is 7.67. The lowest BCUT2D eigenvalue weighted by Gasteiger charge is -2.22. The van der Waals surface area contributed by atoms with Crippen LogP contribution in [-0.4, -0.2) is 6.04 Å². The van der Waals surface area contributed by atoms with E-state index in [2.05, 4.69) is 57.3 Å². The zero-order chi connectivity index (χ0) is 12.0. The van der Waals surface area contributed by atoms with E-state index in [1.807, 2.05) is 0 Å². The van der Waals surface area contributed by atoms with Gasteiger partial charge < -0.3 is 5.32 Å². The van der Waals surface area contributed by atoms with Gasteiger partial charge in [-0.2, -0.15) is 0 Å². The number of hydrogen-bond acceptors (Lipinski definition) is 1. The highest BCUT2D eigenvalue weighted by Gasteiger charge is 2.10. The maximum Gasteiger partial charge on any atom is 0.0294 e. The highest BCUT2D eigenvalue weighted by molar-refractivity contribution is 5.23. The predicted molar refractivity (Wildman–Crippen MR) is 71.7 cm³/mol. The van der Waals surface area contributed by atoms with Gasteiger partial charge in [-0.3, -0.25) is 0 Å². The minimum absolute atomic E-state index is 0.456. The molecule has 0 spiro atoms. The molecule has 0 aromatic heterocycles. The lowest BCUT2D eigenvalue weighted by Crippen LogP contribution is -2.30. The fourth-order valence-electron chi connectivity index (χ4n) is 2.06. The van der Waals surface area contributed by atoms with Gasteiger partial charge in [0.2, 0.25) is 0 Å². The summed E-state index contributed by atoms with van der Waals surface area (Å²) in [6.07, 6.45) is 3.74. The van der Waals surface area contributed by atoms with Crippen molar-refractivity contribution in [2.45, 2.75) is 59.0 Å². The van der Waals surface area contributed by atoms with Gasteiger partial charge in [-0.25, -0.2) is 0 Å². The van der Waals surface area contributed by atoms with Crippen molar-refractivity contribution in [3.63, 3.8) is 0 Å². The summed E-state index contributed by atoms with van der Waals surface area (Å²) in [5.41, 5.74) is 2.72. The minimum Gasteiger partial charge on any atom is -0.307 e. The van der Waals surface area contributed by atoms with E-state index in [0.29, 0.717) is 12.1 Å². The van der Waals surface area contributed by atoms with Crippen LogP contribution in [0.5, 0.6) is 0 Å². The third kappa shape index (κ3) is 3.97. The molecule has 0 saturated heterocycles. The lowest BCUT2D eigenvalue weighted by atomic mass is 10.0. The molecule has 2 atom stereocenters. The number of hydrogen-bond donors (Lipinski definition) is 1. The largest absolute Gasteiger partial charge is 0.307 e. The molecule has 0 fully saturated rings. The van der Waals surface area contributed by atoms with Crippen LogP contribution in [0.3, 0.4) is 0 Å². The van der Waals surface area contributed by atoms with Gasteiger partial charge in [0.15, 0.2) is 0 Å². The third-order valence-electron chi connectivity index (χ3n) is 3.19. The van der Waals surface area contributed by atoms with E-state index in [1.54, 1.807) is 0 Å². The van der Waals surface area contributed by atoms with E-state index in [4.69, 9.17) is 0 Å². The SMILES string of the molecule is CCCC(CC)N[C@H](C)c1ccc(C)cc1. The Kier molecular flexibility index (Phi) is 5.54. The Morgan fingerprint density at radius 2 is 1.75 bits per heavy atom. The predicted octanol–water partition coefficient (Wildman–Crippen LogP) is 4.22. The summed E-state index contributed by atoms with van der Waals surface area (Å²) < 4.78 is 0. The van der Waals surface area contributed by atoms with Crippen LogP contribution in [-0.2, 0) is 0 Å². The Hall–Kier alpha value is -0.820. The first-order valence-electron chi connectivity index (χ1n) is 6.50. The Balaban J connectivity index is 2.56. The van der Waals surface area contributed by atoms with Gasteiger partial charge in [0, 0.05) is 12.1 Å². The van der Waals surface area contributed by atoms with E-state index >= 15 is 0 Å². The molecule has 90 valence electrons. The van der Waals surface area contributed by atoms with E-state index in [0.717, 1.165) is 0 Å². The second kappa shape index (κ2) is 6.70. The van der Waals surface area contributed by atoms with Crippen LogP contribution in [0.25, 0.3) is 0 Å². The van der Waals surface area contributed by atoms with Crippen LogP contribution in [0, 0.1) is 6.92 Å². The topological polar surface area (TPSA) is 12.0 Å². The van der Waals surface area contributed by atoms with Crippen LogP contribution in [0.1, 0.15) is 57.2 Å². The molecule has 16 heavy (non-hydrogen) atoms. The summed E-state index contributed by atoms with van der Waals surface area (Å²) in [7, 11) is 0. The van der Waals surface area contributed by atoms with E-state index in [9.17, 15) is 0 Å². The Morgan fingerprint density at radius 3 is 2.25 bits per heavy atom. The van der Waals surface area contributed by atoms with Crippen molar-refractivity contribution in [2.24, 2.45) is 0 Å². The van der Waals surface area contributed by atoms with Gasteiger partial charge in [0.1, 0.15) is 0 Å². The van der Waals surface area contributed by atoms with Gasteiger partial charge in [-0.15, -0.1) is 0 Å². The third-order valence-corrected chi connectivity index (χ3v) is 3.19. The Bertz CT molecular complexity index is 289. The van der Waals surface area contributed by atoms with Gasteiger partial charge in [-0.05, 0) is 32.3 Å². The van der Waals surface area contributed by atoms with Crippen molar-refractivity contribution in [3.05, 3.63) is 35.4 Å². The van der Waals surface area contributed by atoms with Gasteiger partial charge in [0.25, 0.3) is 0 Å². The van der Waals surface area contributed by atoms with Crippen LogP contribution in [0.15, 0.2) is 24.3 Å². The summed E-state index contributed by atoms with van der Waals surface area (Å²) in [4.78, 5) is 0. The number of aryl methyl sites for hydroxylation is 1. The molecular formula is C15H25N. The molecule has 1 nitrogen and oxygen atoms in total. The molecule has 0 aliphatic carbocycles. The maximum absolute atomic E-state index is 3.70. The summed E-state index contributed by atoms with van der Waals surface area (Å²) in [6, 6.07) is 9.94. The first kappa shape index (κ1) is 13.2. The van der Waals surface area contributed by atoms with E-state index < -0.39 is 0 Å². The van der Waals surface area contributed by atoms with Gasteiger partial charge >= 0.3 is 0 Å². The number of nitrogens with one attached hydrogen (secondary N) is 1. The first-order valence-corrected chi connectivity index (χ1v) is 6.50. The van der Waals surface area contributed by atoms with Crippen molar-refractivity contribution in [1.29, 1.82) is 0 Å². The normalized spacial score (nSPS) is 14.8. The zero-order valence-electron chi connectivity index (χ0n) is 11.1. The fourth-order valence-corrected chi connectivity index (χ4v) is 2.06. The zero-order valence-corrected chi connectivity index (χ0v) is 11.1. The molecule has 0 heterocycles. The Morgan fingerprint density at radius 1 is 1.12 bits per heavy atom. The fraction of sp³-hybridized carbons (Fsp3) is 0.600. The number of benzene rings is 1. The lowest BCUT2D eigenvalue weighted by molar-refractivity contribution is 0.417. The molecule has 1 aromatic carbocycles. The molecule has 1 unspecified atom stereocenters. The van der Waals surface area contributed by atoms with E-state index in [-0.39, 0.29) is 0 Å². The van der Waals surface area contributed by atoms with Crippen molar-refractivity contribution in [2.75, 3.05) is 0 Å². The minimum atomic E-state index is 0.456. The molecule has 1 rings (SSSR count). The van der Waals surface area contributed by atoms with Gasteiger partial charge in [-0.1, -0.05) is 50.1 Å². The summed E-state index contributed by atoms with van der Waals surface area (Å²) in [5, 5.41) is 3.70. The highest BCUT2D eigenvalue weighted by Crippen LogP contribution is 2.15. The van der Waals surface area contributed by atoms with Crippen molar-refractivity contribution in [3.8, 4) is 0 Å². The monoisotopic (exact) mass is 219 g/mol. The van der Waals surface area contributed by atoms with E-state index in [1.165, 1.54) is 30.4 Å². The van der Waals surface area contributed by atoms with Crippen molar-refractivity contribution < 1.29 is 0 Å². The molecule has 0 amide bonds. The highest BCUT2D eigenvalue weighted by atomic mass is 14.9. The summed E-state index contributed by atoms with van der Waals surface area (Å²) in [5.74, 6) is 0. The van der Waals surface area contributed by atoms with Crippen LogP contribution in [0.4, 0.5) is 0 Å². The average molecular weight is 219 g/mol. The van der Waals surface area contributed by atoms with Crippen molar-refractivity contribution >= 4 is 0 Å². The summed E-state index contributed by atoms with van der Waals surface area (Å²) in [6.45, 7) is 8.90. The molecule has 1 aromatic rings. The molecule has 0 radical (unpaired) electrons. The maximum atomic E-state index is 3.70. The molecule has 0 aliphatic rings. The molecule has 0 saturated carbocycles. The average Bonchev–Trinajstić information content (AvgIpc) is 2.29. The van der Waals surface area contributed by atoms with Crippen molar-refractivity contribution in [1.82, 2.24) is 5.32 Å². The molecule has 1 N–H and O–H groups in total. The second-order valence-corrected chi connectivity index (χ2v) is 4.69. The molecule has 0 aliphatic heterocycles. The quantitative estimate of drug-likeness (QED) is 0.755. The van der Waals surface area contributed by atoms with Crippen LogP contribution >= 0.6 is 0 Å². The summed E-state index contributed by atoms with van der Waals surface area (Å²) >= 11 is 0. The van der Waals surface area contributed by atoms with Crippen LogP contribution in [0.2, 0.25) is 0 Å². The molecule has 0 bridgehead atoms. The Labute approximate surface area is 100 Å². The van der Waals surface area contributed by atoms with Gasteiger partial charge in [0.05, 0.1) is 0 Å². The molecular weight excluding hydrogens is 194 g/mol. The van der Waals surface area contributed by atoms with Crippen LogP contribution < -0.4 is 5.32 Å². The standard InChI is InChI=1S/C15H25N/c1-5-7-15(6-2)16-13(4)14-10-8-12(3)9-11-14/h8-11,13,15-16H,5-7H2,1-4H3/t13-,15?/m1/s1. The number of rotatable bonds is 6. The smallest absolute Gasteiger partial charge is 0.0294 e. The second-order valence-electron chi connectivity index (χ2n) is 4.69. The molecule has 1 heteroatoms.